The molecule has 0 fully saturated rings. The van der Waals surface area contributed by atoms with Crippen LogP contribution in [0.15, 0.2) is 109 Å². The van der Waals surface area contributed by atoms with Crippen molar-refractivity contribution in [2.45, 2.75) is 58.2 Å². The van der Waals surface area contributed by atoms with Crippen LogP contribution in [0.4, 0.5) is 11.4 Å². The molecular formula is C58H67Cl3N6O10. The van der Waals surface area contributed by atoms with Crippen molar-refractivity contribution in [3.05, 3.63) is 146 Å². The zero-order valence-electron chi connectivity index (χ0n) is 43.7. The molecule has 410 valence electrons. The second-order valence-corrected chi connectivity index (χ2v) is 19.1. The number of aromatic nitrogens is 1. The Balaban J connectivity index is 0.733. The fourth-order valence-electron chi connectivity index (χ4n) is 8.44. The van der Waals surface area contributed by atoms with Gasteiger partial charge in [0, 0.05) is 41.5 Å². The van der Waals surface area contributed by atoms with E-state index in [4.69, 9.17) is 68.0 Å². The van der Waals surface area contributed by atoms with Crippen LogP contribution in [-0.4, -0.2) is 121 Å². The first kappa shape index (κ1) is 60.1. The molecule has 0 saturated heterocycles. The molecule has 0 radical (unpaired) electrons. The van der Waals surface area contributed by atoms with Gasteiger partial charge in [0.15, 0.2) is 0 Å². The van der Waals surface area contributed by atoms with E-state index >= 15 is 0 Å². The Morgan fingerprint density at radius 3 is 1.91 bits per heavy atom. The lowest BCUT2D eigenvalue weighted by Crippen LogP contribution is -2.43. The molecule has 6 rings (SSSR count). The smallest absolute Gasteiger partial charge is 0.262 e. The topological polar surface area (TPSA) is 192 Å². The average molecular weight is 1110 g/mol. The van der Waals surface area contributed by atoms with Gasteiger partial charge in [-0.3, -0.25) is 14.4 Å². The van der Waals surface area contributed by atoms with E-state index in [0.717, 1.165) is 46.5 Å². The first-order chi connectivity index (χ1) is 37.4. The van der Waals surface area contributed by atoms with E-state index in [1.54, 1.807) is 13.0 Å². The minimum Gasteiger partial charge on any atom is -0.491 e. The number of halogens is 3. The normalized spacial score (nSPS) is 14.6. The number of fused-ring (bicyclic) bond motifs is 1. The number of ether oxygens (including phenoxy) is 7. The summed E-state index contributed by atoms with van der Waals surface area (Å²) in [5.74, 6) is -0.0617. The van der Waals surface area contributed by atoms with E-state index in [0.29, 0.717) is 115 Å². The van der Waals surface area contributed by atoms with Crippen molar-refractivity contribution in [3.8, 4) is 22.9 Å². The van der Waals surface area contributed by atoms with E-state index in [1.165, 1.54) is 12.1 Å². The van der Waals surface area contributed by atoms with Crippen LogP contribution in [0.3, 0.4) is 0 Å². The van der Waals surface area contributed by atoms with Crippen LogP contribution < -0.4 is 25.6 Å². The molecule has 3 amide bonds. The van der Waals surface area contributed by atoms with E-state index in [2.05, 4.69) is 33.9 Å². The molecule has 0 saturated carbocycles. The highest BCUT2D eigenvalue weighted by Gasteiger charge is 2.33. The predicted molar refractivity (Wildman–Crippen MR) is 300 cm³/mol. The molecule has 1 aromatic heterocycles. The van der Waals surface area contributed by atoms with Crippen molar-refractivity contribution < 1.29 is 47.5 Å². The van der Waals surface area contributed by atoms with Crippen LogP contribution in [0.2, 0.25) is 15.2 Å². The van der Waals surface area contributed by atoms with Gasteiger partial charge in [-0.05, 0) is 121 Å². The van der Waals surface area contributed by atoms with Crippen molar-refractivity contribution in [1.29, 1.82) is 5.26 Å². The molecule has 19 heteroatoms. The van der Waals surface area contributed by atoms with E-state index in [9.17, 15) is 19.6 Å². The Morgan fingerprint density at radius 2 is 1.32 bits per heavy atom. The number of carbonyl (C=O) groups is 3. The SMILES string of the molecule is CCCC(NC(=O)/C(C#N)=C/c1nc(Cl)ccc1Cl)c1ccc(OCCOCCOCCOCCOCCOCCOCCNC(=O)c2ccc(-c3ccc4c(c3)[C@H](Nc3ccc(Cl)cc3)C[C@H](C)N4C(C)=O)cc2)cc1. The molecule has 0 bridgehead atoms. The van der Waals surface area contributed by atoms with Crippen molar-refractivity contribution in [3.63, 3.8) is 0 Å². The summed E-state index contributed by atoms with van der Waals surface area (Å²) in [4.78, 5) is 44.6. The number of anilines is 2. The van der Waals surface area contributed by atoms with Gasteiger partial charge in [0.25, 0.3) is 11.8 Å². The number of pyridine rings is 1. The number of hydrogen-bond donors (Lipinski definition) is 3. The standard InChI is InChI=1S/C58H67Cl3N6O10/c1-4-5-52(66-58(70)46(39-62)38-54-51(60)19-21-56(61)65-54)43-10-17-49(18-11-43)77-35-34-76-33-32-75-31-30-74-29-28-73-27-26-72-25-24-71-23-22-63-57(69)44-8-6-42(7-9-44)45-12-20-55-50(37-45)53(36-40(2)67(55)41(3)68)64-48-15-13-47(59)14-16-48/h6-21,37-38,40,52-53,64H,4-5,22-36H2,1-3H3,(H,63,69)(H,66,70)/b46-38+/t40-,52?,53+/m0/s1. The van der Waals surface area contributed by atoms with Gasteiger partial charge in [-0.15, -0.1) is 0 Å². The minimum atomic E-state index is -0.538. The fraction of sp³-hybridized carbons (Fsp3) is 0.397. The Kier molecular flexibility index (Phi) is 25.5. The maximum absolute atomic E-state index is 13.0. The Morgan fingerprint density at radius 1 is 0.740 bits per heavy atom. The lowest BCUT2D eigenvalue weighted by molar-refractivity contribution is -0.118. The van der Waals surface area contributed by atoms with Gasteiger partial charge < -0.3 is 54.0 Å². The van der Waals surface area contributed by atoms with E-state index in [-0.39, 0.29) is 51.4 Å². The van der Waals surface area contributed by atoms with Gasteiger partial charge in [-0.25, -0.2) is 4.98 Å². The molecule has 0 spiro atoms. The largest absolute Gasteiger partial charge is 0.491 e. The Hall–Kier alpha value is -6.10. The summed E-state index contributed by atoms with van der Waals surface area (Å²) < 4.78 is 39.4. The summed E-state index contributed by atoms with van der Waals surface area (Å²) >= 11 is 18.3. The molecule has 2 heterocycles. The van der Waals surface area contributed by atoms with E-state index in [1.807, 2.05) is 103 Å². The van der Waals surface area contributed by atoms with Gasteiger partial charge in [0.05, 0.1) is 102 Å². The van der Waals surface area contributed by atoms with Gasteiger partial charge in [0.1, 0.15) is 29.2 Å². The number of hydrogen-bond acceptors (Lipinski definition) is 13. The summed E-state index contributed by atoms with van der Waals surface area (Å²) in [6.07, 6.45) is 3.54. The monoisotopic (exact) mass is 1110 g/mol. The van der Waals surface area contributed by atoms with Crippen LogP contribution in [-0.2, 0) is 38.0 Å². The molecule has 4 aromatic carbocycles. The van der Waals surface area contributed by atoms with Gasteiger partial charge >= 0.3 is 0 Å². The molecule has 3 N–H and O–H groups in total. The van der Waals surface area contributed by atoms with Crippen LogP contribution in [0.5, 0.6) is 5.75 Å². The van der Waals surface area contributed by atoms with Gasteiger partial charge in [-0.2, -0.15) is 5.26 Å². The number of carbonyl (C=O) groups excluding carboxylic acids is 3. The molecule has 0 aliphatic carbocycles. The van der Waals surface area contributed by atoms with Crippen LogP contribution in [0.25, 0.3) is 17.2 Å². The highest BCUT2D eigenvalue weighted by molar-refractivity contribution is 6.33. The quantitative estimate of drug-likeness (QED) is 0.0160. The first-order valence-electron chi connectivity index (χ1n) is 25.7. The number of nitriles is 1. The fourth-order valence-corrected chi connectivity index (χ4v) is 8.88. The number of rotatable bonds is 32. The van der Waals surface area contributed by atoms with Crippen LogP contribution in [0, 0.1) is 11.3 Å². The molecule has 1 unspecified atom stereocenters. The van der Waals surface area contributed by atoms with Crippen LogP contribution in [0.1, 0.15) is 79.3 Å². The van der Waals surface area contributed by atoms with Crippen molar-refractivity contribution in [2.24, 2.45) is 0 Å². The maximum atomic E-state index is 13.0. The summed E-state index contributed by atoms with van der Waals surface area (Å²) in [6.45, 7) is 11.3. The molecule has 3 atom stereocenters. The summed E-state index contributed by atoms with van der Waals surface area (Å²) in [5, 5.41) is 20.3. The third-order valence-corrected chi connectivity index (χ3v) is 13.0. The number of amides is 3. The Labute approximate surface area is 466 Å². The molecular weight excluding hydrogens is 1050 g/mol. The second-order valence-electron chi connectivity index (χ2n) is 17.9. The molecule has 5 aromatic rings. The zero-order chi connectivity index (χ0) is 54.8. The lowest BCUT2D eigenvalue weighted by atomic mass is 9.88. The third kappa shape index (κ3) is 19.7. The summed E-state index contributed by atoms with van der Waals surface area (Å²) in [7, 11) is 0. The minimum absolute atomic E-state index is 0.00322. The maximum Gasteiger partial charge on any atom is 0.262 e. The first-order valence-corrected chi connectivity index (χ1v) is 26.9. The van der Waals surface area contributed by atoms with Gasteiger partial charge in [-0.1, -0.05) is 78.5 Å². The lowest BCUT2D eigenvalue weighted by Gasteiger charge is -2.39. The number of nitrogens with zero attached hydrogens (tertiary/aromatic N) is 3. The average Bonchev–Trinajstić information content (AvgIpc) is 3.45. The number of benzene rings is 4. The number of nitrogens with one attached hydrogen (secondary N) is 3. The second kappa shape index (κ2) is 32.6. The highest BCUT2D eigenvalue weighted by Crippen LogP contribution is 2.41. The summed E-state index contributed by atoms with van der Waals surface area (Å²) in [5.41, 5.74) is 6.34. The molecule has 77 heavy (non-hydrogen) atoms. The van der Waals surface area contributed by atoms with Gasteiger partial charge in [0.2, 0.25) is 5.91 Å². The van der Waals surface area contributed by atoms with Crippen LogP contribution >= 0.6 is 34.8 Å². The van der Waals surface area contributed by atoms with Crippen molar-refractivity contribution >= 4 is 70.0 Å². The molecule has 16 nitrogen and oxygen atoms in total. The zero-order valence-corrected chi connectivity index (χ0v) is 46.0. The Bertz CT molecular complexity index is 2730. The molecule has 1 aliphatic rings. The van der Waals surface area contributed by atoms with Crippen molar-refractivity contribution in [2.75, 3.05) is 103 Å². The highest BCUT2D eigenvalue weighted by atomic mass is 35.5. The molecule has 1 aliphatic heterocycles. The third-order valence-electron chi connectivity index (χ3n) is 12.2. The summed E-state index contributed by atoms with van der Waals surface area (Å²) in [6, 6.07) is 33.4. The van der Waals surface area contributed by atoms with E-state index < -0.39 is 5.91 Å². The predicted octanol–water partition coefficient (Wildman–Crippen LogP) is 10.5. The van der Waals surface area contributed by atoms with Crippen molar-refractivity contribution in [1.82, 2.24) is 15.6 Å².